The van der Waals surface area contributed by atoms with Crippen molar-refractivity contribution in [3.05, 3.63) is 57.6 Å². The second-order valence-corrected chi connectivity index (χ2v) is 5.06. The van der Waals surface area contributed by atoms with Crippen LogP contribution in [0.2, 0.25) is 0 Å². The lowest BCUT2D eigenvalue weighted by Gasteiger charge is -2.04. The minimum atomic E-state index is -0.439. The highest BCUT2D eigenvalue weighted by Gasteiger charge is 2.15. The van der Waals surface area contributed by atoms with Gasteiger partial charge in [0.15, 0.2) is 5.03 Å². The topological polar surface area (TPSA) is 82.0 Å². The number of nitrogen functional groups attached to an aromatic ring is 1. The molecule has 0 atom stereocenters. The maximum absolute atomic E-state index is 10.9. The van der Waals surface area contributed by atoms with Crippen molar-refractivity contribution in [2.75, 3.05) is 5.73 Å². The number of pyridine rings is 1. The number of nitro groups is 1. The Labute approximate surface area is 115 Å². The molecule has 0 spiro atoms. The van der Waals surface area contributed by atoms with E-state index in [4.69, 9.17) is 5.73 Å². The molecule has 19 heavy (non-hydrogen) atoms. The summed E-state index contributed by atoms with van der Waals surface area (Å²) in [5.74, 6) is 0.913. The molecule has 0 saturated carbocycles. The van der Waals surface area contributed by atoms with Crippen LogP contribution in [0, 0.1) is 17.0 Å². The van der Waals surface area contributed by atoms with E-state index in [9.17, 15) is 10.1 Å². The summed E-state index contributed by atoms with van der Waals surface area (Å²) >= 11 is 1.32. The maximum atomic E-state index is 10.9. The number of hydrogen-bond donors (Lipinski definition) is 1. The van der Waals surface area contributed by atoms with Crippen LogP contribution >= 0.6 is 11.8 Å². The molecule has 2 rings (SSSR count). The van der Waals surface area contributed by atoms with E-state index in [0.717, 1.165) is 11.1 Å². The third kappa shape index (κ3) is 3.45. The van der Waals surface area contributed by atoms with Gasteiger partial charge in [0.2, 0.25) is 0 Å². The summed E-state index contributed by atoms with van der Waals surface area (Å²) < 4.78 is 0. The van der Waals surface area contributed by atoms with Gasteiger partial charge in [0, 0.05) is 11.8 Å². The molecule has 0 aliphatic carbocycles. The minimum Gasteiger partial charge on any atom is -0.384 e. The molecule has 2 N–H and O–H groups in total. The lowest BCUT2D eigenvalue weighted by atomic mass is 10.2. The molecule has 2 aromatic rings. The first-order chi connectivity index (χ1) is 9.06. The molecule has 0 saturated heterocycles. The smallest absolute Gasteiger partial charge is 0.301 e. The van der Waals surface area contributed by atoms with Crippen LogP contribution in [0.15, 0.2) is 41.4 Å². The predicted molar refractivity (Wildman–Crippen MR) is 76.0 cm³/mol. The van der Waals surface area contributed by atoms with Crippen LogP contribution in [0.5, 0.6) is 0 Å². The average Bonchev–Trinajstić information content (AvgIpc) is 2.36. The van der Waals surface area contributed by atoms with E-state index >= 15 is 0 Å². The first-order valence-electron chi connectivity index (χ1n) is 5.65. The normalized spacial score (nSPS) is 10.4. The van der Waals surface area contributed by atoms with Crippen LogP contribution in [0.1, 0.15) is 11.1 Å². The molecule has 0 radical (unpaired) electrons. The molecule has 1 aromatic heterocycles. The summed E-state index contributed by atoms with van der Waals surface area (Å²) in [5, 5.41) is 11.3. The van der Waals surface area contributed by atoms with E-state index in [-0.39, 0.29) is 11.5 Å². The maximum Gasteiger partial charge on any atom is 0.301 e. The molecular weight excluding hydrogens is 262 g/mol. The molecule has 6 heteroatoms. The number of nitrogens with two attached hydrogens (primary N) is 1. The quantitative estimate of drug-likeness (QED) is 0.526. The summed E-state index contributed by atoms with van der Waals surface area (Å²) in [5.41, 5.74) is 7.83. The fraction of sp³-hybridized carbons (Fsp3) is 0.154. The first kappa shape index (κ1) is 13.4. The zero-order valence-electron chi connectivity index (χ0n) is 10.4. The van der Waals surface area contributed by atoms with Crippen molar-refractivity contribution < 1.29 is 4.92 Å². The van der Waals surface area contributed by atoms with E-state index in [2.05, 4.69) is 4.98 Å². The van der Waals surface area contributed by atoms with Crippen molar-refractivity contribution in [3.63, 3.8) is 0 Å². The van der Waals surface area contributed by atoms with Crippen LogP contribution in [0.4, 0.5) is 11.5 Å². The van der Waals surface area contributed by atoms with Gasteiger partial charge in [-0.05, 0) is 18.6 Å². The van der Waals surface area contributed by atoms with Gasteiger partial charge in [0.1, 0.15) is 5.82 Å². The standard InChI is InChI=1S/C13H13N3O2S/c1-9-3-2-4-10(7-9)8-19-13-11(16(17)18)5-6-12(14)15-13/h2-7H,8H2,1H3,(H2,14,15). The summed E-state index contributed by atoms with van der Waals surface area (Å²) in [4.78, 5) is 14.5. The van der Waals surface area contributed by atoms with Gasteiger partial charge in [-0.15, -0.1) is 0 Å². The first-order valence-corrected chi connectivity index (χ1v) is 6.64. The Morgan fingerprint density at radius 3 is 2.84 bits per heavy atom. The van der Waals surface area contributed by atoms with Crippen molar-refractivity contribution in [1.82, 2.24) is 4.98 Å². The molecular formula is C13H13N3O2S. The molecule has 0 unspecified atom stereocenters. The molecule has 98 valence electrons. The largest absolute Gasteiger partial charge is 0.384 e. The Hall–Kier alpha value is -2.08. The van der Waals surface area contributed by atoms with Crippen LogP contribution < -0.4 is 5.73 Å². The number of hydrogen-bond acceptors (Lipinski definition) is 5. The summed E-state index contributed by atoms with van der Waals surface area (Å²) in [6.45, 7) is 2.01. The Kier molecular flexibility index (Phi) is 4.01. The van der Waals surface area contributed by atoms with E-state index in [0.29, 0.717) is 10.8 Å². The average molecular weight is 275 g/mol. The number of anilines is 1. The van der Waals surface area contributed by atoms with Crippen LogP contribution in [-0.4, -0.2) is 9.91 Å². The third-order valence-corrected chi connectivity index (χ3v) is 3.57. The van der Waals surface area contributed by atoms with E-state index in [1.165, 1.54) is 23.9 Å². The highest BCUT2D eigenvalue weighted by molar-refractivity contribution is 7.98. The van der Waals surface area contributed by atoms with Gasteiger partial charge in [-0.25, -0.2) is 4.98 Å². The lowest BCUT2D eigenvalue weighted by molar-refractivity contribution is -0.388. The lowest BCUT2D eigenvalue weighted by Crippen LogP contribution is -1.97. The Morgan fingerprint density at radius 1 is 1.37 bits per heavy atom. The number of thioether (sulfide) groups is 1. The summed E-state index contributed by atoms with van der Waals surface area (Å²) in [7, 11) is 0. The number of nitrogens with zero attached hydrogens (tertiary/aromatic N) is 2. The third-order valence-electron chi connectivity index (χ3n) is 2.52. The van der Waals surface area contributed by atoms with Crippen LogP contribution in [0.3, 0.4) is 0 Å². The zero-order chi connectivity index (χ0) is 13.8. The van der Waals surface area contributed by atoms with Gasteiger partial charge in [-0.3, -0.25) is 10.1 Å². The van der Waals surface area contributed by atoms with Gasteiger partial charge < -0.3 is 5.73 Å². The molecule has 0 aliphatic rings. The molecule has 1 aromatic carbocycles. The Morgan fingerprint density at radius 2 is 2.16 bits per heavy atom. The van der Waals surface area contributed by atoms with Crippen LogP contribution in [0.25, 0.3) is 0 Å². The highest BCUT2D eigenvalue weighted by Crippen LogP contribution is 2.30. The Bertz CT molecular complexity index is 617. The van der Waals surface area contributed by atoms with Gasteiger partial charge in [-0.1, -0.05) is 41.6 Å². The van der Waals surface area contributed by atoms with Gasteiger partial charge in [0.05, 0.1) is 4.92 Å². The van der Waals surface area contributed by atoms with Crippen LogP contribution in [-0.2, 0) is 5.75 Å². The van der Waals surface area contributed by atoms with Crippen molar-refractivity contribution >= 4 is 23.3 Å². The number of aromatic nitrogens is 1. The fourth-order valence-corrected chi connectivity index (χ4v) is 2.59. The predicted octanol–water partition coefficient (Wildman–Crippen LogP) is 3.17. The van der Waals surface area contributed by atoms with E-state index in [1.54, 1.807) is 0 Å². The Balaban J connectivity index is 2.19. The molecule has 0 amide bonds. The minimum absolute atomic E-state index is 0.00754. The highest BCUT2D eigenvalue weighted by atomic mass is 32.2. The summed E-state index contributed by atoms with van der Waals surface area (Å²) in [6, 6.07) is 10.8. The molecule has 0 fully saturated rings. The molecule has 5 nitrogen and oxygen atoms in total. The molecule has 1 heterocycles. The number of benzene rings is 1. The van der Waals surface area contributed by atoms with Gasteiger partial charge >= 0.3 is 5.69 Å². The monoisotopic (exact) mass is 275 g/mol. The number of aryl methyl sites for hydroxylation is 1. The van der Waals surface area contributed by atoms with Gasteiger partial charge in [0.25, 0.3) is 0 Å². The van der Waals surface area contributed by atoms with Crippen molar-refractivity contribution in [2.45, 2.75) is 17.7 Å². The van der Waals surface area contributed by atoms with Crippen molar-refractivity contribution in [3.8, 4) is 0 Å². The second-order valence-electron chi connectivity index (χ2n) is 4.10. The zero-order valence-corrected chi connectivity index (χ0v) is 11.2. The van der Waals surface area contributed by atoms with Crippen molar-refractivity contribution in [2.24, 2.45) is 0 Å². The molecule has 0 bridgehead atoms. The van der Waals surface area contributed by atoms with E-state index in [1.807, 2.05) is 31.2 Å². The second kappa shape index (κ2) is 5.71. The number of rotatable bonds is 4. The summed E-state index contributed by atoms with van der Waals surface area (Å²) in [6.07, 6.45) is 0. The molecule has 0 aliphatic heterocycles. The van der Waals surface area contributed by atoms with E-state index < -0.39 is 4.92 Å². The SMILES string of the molecule is Cc1cccc(CSc2nc(N)ccc2[N+](=O)[O-])c1. The van der Waals surface area contributed by atoms with Crippen molar-refractivity contribution in [1.29, 1.82) is 0 Å². The fourth-order valence-electron chi connectivity index (χ4n) is 1.65. The van der Waals surface area contributed by atoms with Gasteiger partial charge in [-0.2, -0.15) is 0 Å².